The van der Waals surface area contributed by atoms with E-state index in [4.69, 9.17) is 0 Å². The summed E-state index contributed by atoms with van der Waals surface area (Å²) >= 11 is 1.81. The zero-order valence-corrected chi connectivity index (χ0v) is 10.2. The maximum Gasteiger partial charge on any atom is 0.110 e. The fourth-order valence-corrected chi connectivity index (χ4v) is 3.81. The van der Waals surface area contributed by atoms with Crippen molar-refractivity contribution >= 4 is 16.3 Å². The molecule has 3 heterocycles. The average Bonchev–Trinajstić information content (AvgIpc) is 2.62. The first-order chi connectivity index (χ1) is 7.79. The molecule has 3 nitrogen and oxygen atoms in total. The highest BCUT2D eigenvalue weighted by Crippen LogP contribution is 2.39. The van der Waals surface area contributed by atoms with Crippen LogP contribution in [0.3, 0.4) is 0 Å². The summed E-state index contributed by atoms with van der Waals surface area (Å²) in [6, 6.07) is 2.41. The molecule has 1 aromatic heterocycles. The quantitative estimate of drug-likeness (QED) is 0.803. The molecule has 4 heteroatoms. The fourth-order valence-electron chi connectivity index (χ4n) is 2.52. The van der Waals surface area contributed by atoms with Crippen LogP contribution in [-0.2, 0) is 13.0 Å². The number of nitrogens with one attached hydrogen (secondary N) is 1. The minimum atomic E-state index is 0.781. The summed E-state index contributed by atoms with van der Waals surface area (Å²) in [7, 11) is 0. The first-order valence-corrected chi connectivity index (χ1v) is 6.61. The van der Waals surface area contributed by atoms with Gasteiger partial charge in [-0.15, -0.1) is 11.3 Å². The van der Waals surface area contributed by atoms with Crippen LogP contribution in [0.5, 0.6) is 0 Å². The SMILES string of the molecule is CC1CN(c2sc3c(c2C#N)CCNC3)C1. The monoisotopic (exact) mass is 233 g/mol. The van der Waals surface area contributed by atoms with Crippen LogP contribution >= 0.6 is 11.3 Å². The van der Waals surface area contributed by atoms with Crippen LogP contribution in [-0.4, -0.2) is 19.6 Å². The van der Waals surface area contributed by atoms with E-state index in [9.17, 15) is 5.26 Å². The molecule has 2 aliphatic rings. The van der Waals surface area contributed by atoms with Gasteiger partial charge < -0.3 is 10.2 Å². The van der Waals surface area contributed by atoms with Crippen molar-refractivity contribution in [2.75, 3.05) is 24.5 Å². The van der Waals surface area contributed by atoms with Gasteiger partial charge in [-0.3, -0.25) is 0 Å². The van der Waals surface area contributed by atoms with E-state index in [1.807, 2.05) is 11.3 Å². The summed E-state index contributed by atoms with van der Waals surface area (Å²) in [5.41, 5.74) is 2.26. The standard InChI is InChI=1S/C12H15N3S/c1-8-6-15(7-8)12-10(4-13)9-2-3-14-5-11(9)16-12/h8,14H,2-3,5-7H2,1H3. The van der Waals surface area contributed by atoms with E-state index in [0.29, 0.717) is 0 Å². The topological polar surface area (TPSA) is 39.1 Å². The Morgan fingerprint density at radius 2 is 2.31 bits per heavy atom. The van der Waals surface area contributed by atoms with Gasteiger partial charge in [-0.05, 0) is 24.4 Å². The van der Waals surface area contributed by atoms with Crippen LogP contribution in [0.2, 0.25) is 0 Å². The number of nitrogens with zero attached hydrogens (tertiary/aromatic N) is 2. The number of anilines is 1. The molecule has 0 aliphatic carbocycles. The van der Waals surface area contributed by atoms with Gasteiger partial charge in [-0.1, -0.05) is 6.92 Å². The predicted octanol–water partition coefficient (Wildman–Crippen LogP) is 1.72. The highest BCUT2D eigenvalue weighted by molar-refractivity contribution is 7.16. The summed E-state index contributed by atoms with van der Waals surface area (Å²) in [4.78, 5) is 3.73. The molecule has 0 radical (unpaired) electrons. The van der Waals surface area contributed by atoms with Crippen LogP contribution in [0, 0.1) is 17.2 Å². The Balaban J connectivity index is 1.99. The van der Waals surface area contributed by atoms with Crippen molar-refractivity contribution in [3.63, 3.8) is 0 Å². The molecule has 0 spiro atoms. The smallest absolute Gasteiger partial charge is 0.110 e. The van der Waals surface area contributed by atoms with Crippen molar-refractivity contribution in [3.8, 4) is 6.07 Å². The molecule has 2 aliphatic heterocycles. The summed E-state index contributed by atoms with van der Waals surface area (Å²) < 4.78 is 0. The molecule has 0 unspecified atom stereocenters. The van der Waals surface area contributed by atoms with E-state index in [1.165, 1.54) is 15.4 Å². The van der Waals surface area contributed by atoms with Crippen molar-refractivity contribution in [2.24, 2.45) is 5.92 Å². The fraction of sp³-hybridized carbons (Fsp3) is 0.583. The minimum Gasteiger partial charge on any atom is -0.362 e. The zero-order valence-electron chi connectivity index (χ0n) is 9.42. The van der Waals surface area contributed by atoms with Crippen molar-refractivity contribution in [1.29, 1.82) is 5.26 Å². The van der Waals surface area contributed by atoms with E-state index < -0.39 is 0 Å². The Morgan fingerprint density at radius 3 is 3.00 bits per heavy atom. The molecular formula is C12H15N3S. The average molecular weight is 233 g/mol. The van der Waals surface area contributed by atoms with Crippen LogP contribution in [0.15, 0.2) is 0 Å². The van der Waals surface area contributed by atoms with Gasteiger partial charge in [0.05, 0.1) is 5.56 Å². The molecule has 0 saturated carbocycles. The van der Waals surface area contributed by atoms with Crippen LogP contribution < -0.4 is 10.2 Å². The second kappa shape index (κ2) is 3.76. The van der Waals surface area contributed by atoms with Crippen LogP contribution in [0.25, 0.3) is 0 Å². The minimum absolute atomic E-state index is 0.781. The molecule has 1 N–H and O–H groups in total. The highest BCUT2D eigenvalue weighted by atomic mass is 32.1. The van der Waals surface area contributed by atoms with E-state index >= 15 is 0 Å². The molecule has 0 atom stereocenters. The summed E-state index contributed by atoms with van der Waals surface area (Å²) in [5.74, 6) is 0.781. The van der Waals surface area contributed by atoms with Gasteiger partial charge in [0.15, 0.2) is 0 Å². The molecule has 0 aromatic carbocycles. The Kier molecular flexibility index (Phi) is 2.38. The second-order valence-corrected chi connectivity index (χ2v) is 5.82. The van der Waals surface area contributed by atoms with Crippen molar-refractivity contribution in [1.82, 2.24) is 5.32 Å². The molecule has 3 rings (SSSR count). The molecular weight excluding hydrogens is 218 g/mol. The number of hydrogen-bond acceptors (Lipinski definition) is 4. The van der Waals surface area contributed by atoms with E-state index in [1.54, 1.807) is 0 Å². The molecule has 0 amide bonds. The predicted molar refractivity (Wildman–Crippen MR) is 65.8 cm³/mol. The van der Waals surface area contributed by atoms with E-state index in [-0.39, 0.29) is 0 Å². The van der Waals surface area contributed by atoms with Gasteiger partial charge >= 0.3 is 0 Å². The third-order valence-electron chi connectivity index (χ3n) is 3.37. The maximum absolute atomic E-state index is 9.31. The largest absolute Gasteiger partial charge is 0.362 e. The van der Waals surface area contributed by atoms with E-state index in [0.717, 1.165) is 44.1 Å². The first-order valence-electron chi connectivity index (χ1n) is 5.80. The molecule has 1 aromatic rings. The van der Waals surface area contributed by atoms with Crippen LogP contribution in [0.1, 0.15) is 22.9 Å². The second-order valence-electron chi connectivity index (χ2n) is 4.73. The number of rotatable bonds is 1. The zero-order chi connectivity index (χ0) is 11.1. The Hall–Kier alpha value is -1.05. The first kappa shape index (κ1) is 10.1. The van der Waals surface area contributed by atoms with Gasteiger partial charge in [0.1, 0.15) is 11.1 Å². The molecule has 0 bridgehead atoms. The van der Waals surface area contributed by atoms with E-state index in [2.05, 4.69) is 23.2 Å². The Morgan fingerprint density at radius 1 is 1.50 bits per heavy atom. The van der Waals surface area contributed by atoms with Gasteiger partial charge in [0.2, 0.25) is 0 Å². The van der Waals surface area contributed by atoms with Crippen molar-refractivity contribution in [2.45, 2.75) is 19.9 Å². The molecule has 84 valence electrons. The lowest BCUT2D eigenvalue weighted by Gasteiger charge is -2.38. The summed E-state index contributed by atoms with van der Waals surface area (Å²) in [6.07, 6.45) is 1.01. The lowest BCUT2D eigenvalue weighted by Crippen LogP contribution is -2.45. The number of nitriles is 1. The van der Waals surface area contributed by atoms with Crippen molar-refractivity contribution in [3.05, 3.63) is 16.0 Å². The molecule has 16 heavy (non-hydrogen) atoms. The maximum atomic E-state index is 9.31. The molecule has 1 saturated heterocycles. The normalized spacial score (nSPS) is 20.1. The third kappa shape index (κ3) is 1.43. The van der Waals surface area contributed by atoms with Gasteiger partial charge in [-0.25, -0.2) is 0 Å². The summed E-state index contributed by atoms with van der Waals surface area (Å²) in [6.45, 7) is 6.44. The third-order valence-corrected chi connectivity index (χ3v) is 4.67. The van der Waals surface area contributed by atoms with Crippen molar-refractivity contribution < 1.29 is 0 Å². The number of fused-ring (bicyclic) bond motifs is 1. The van der Waals surface area contributed by atoms with Gasteiger partial charge in [0, 0.05) is 24.5 Å². The lowest BCUT2D eigenvalue weighted by atomic mass is 10.0. The van der Waals surface area contributed by atoms with Gasteiger partial charge in [-0.2, -0.15) is 5.26 Å². The number of hydrogen-bond donors (Lipinski definition) is 1. The highest BCUT2D eigenvalue weighted by Gasteiger charge is 2.29. The lowest BCUT2D eigenvalue weighted by molar-refractivity contribution is 0.449. The summed E-state index contributed by atoms with van der Waals surface area (Å²) in [5, 5.41) is 13.9. The van der Waals surface area contributed by atoms with Gasteiger partial charge in [0.25, 0.3) is 0 Å². The Bertz CT molecular complexity index is 452. The number of thiophene rings is 1. The van der Waals surface area contributed by atoms with Crippen LogP contribution in [0.4, 0.5) is 5.00 Å². The Labute approximate surface area is 99.7 Å². The molecule has 1 fully saturated rings.